The van der Waals surface area contributed by atoms with Crippen LogP contribution in [-0.2, 0) is 9.84 Å². The van der Waals surface area contributed by atoms with Gasteiger partial charge in [-0.1, -0.05) is 0 Å². The van der Waals surface area contributed by atoms with Crippen molar-refractivity contribution in [3.8, 4) is 5.75 Å². The van der Waals surface area contributed by atoms with E-state index in [1.807, 2.05) is 0 Å². The highest BCUT2D eigenvalue weighted by molar-refractivity contribution is 7.91. The molecule has 2 N–H and O–H groups in total. The van der Waals surface area contributed by atoms with E-state index in [-0.39, 0.29) is 9.92 Å². The maximum atomic E-state index is 13.0. The molecule has 136 valence electrons. The van der Waals surface area contributed by atoms with Crippen LogP contribution in [0.15, 0.2) is 52.5 Å². The number of hydrogen-bond donors (Lipinski definition) is 2. The summed E-state index contributed by atoms with van der Waals surface area (Å²) in [6.45, 7) is 3.47. The normalized spacial score (nSPS) is 15.3. The summed E-state index contributed by atoms with van der Waals surface area (Å²) < 4.78 is 31.0. The van der Waals surface area contributed by atoms with Gasteiger partial charge in [-0.25, -0.2) is 13.4 Å². The van der Waals surface area contributed by atoms with Gasteiger partial charge in [-0.15, -0.1) is 0 Å². The van der Waals surface area contributed by atoms with Gasteiger partial charge in [0.15, 0.2) is 0 Å². The number of anilines is 1. The first-order valence-corrected chi connectivity index (χ1v) is 9.90. The molecule has 7 nitrogen and oxygen atoms in total. The Morgan fingerprint density at radius 2 is 1.85 bits per heavy atom. The van der Waals surface area contributed by atoms with Crippen molar-refractivity contribution in [1.82, 2.24) is 15.3 Å². The van der Waals surface area contributed by atoms with Gasteiger partial charge in [-0.2, -0.15) is 0 Å². The van der Waals surface area contributed by atoms with Gasteiger partial charge in [0, 0.05) is 37.8 Å². The Hall–Kier alpha value is -2.58. The lowest BCUT2D eigenvalue weighted by Gasteiger charge is -2.28. The standard InChI is InChI=1S/C18H20N4O3S/c1-25-13-2-4-14(5-3-13)26(23,24)17-12-15-16(21-17)6-7-20-18(15)22-10-8-19-9-11-22/h2-7,12,19,21H,8-11H2,1H3. The molecule has 0 amide bonds. The molecule has 2 aromatic heterocycles. The van der Waals surface area contributed by atoms with Gasteiger partial charge in [-0.05, 0) is 36.4 Å². The molecule has 1 aliphatic heterocycles. The fourth-order valence-electron chi connectivity index (χ4n) is 3.17. The van der Waals surface area contributed by atoms with E-state index in [1.165, 1.54) is 0 Å². The fourth-order valence-corrected chi connectivity index (χ4v) is 4.43. The van der Waals surface area contributed by atoms with Crippen molar-refractivity contribution < 1.29 is 13.2 Å². The minimum absolute atomic E-state index is 0.169. The van der Waals surface area contributed by atoms with E-state index in [4.69, 9.17) is 4.74 Å². The molecule has 0 atom stereocenters. The second-order valence-corrected chi connectivity index (χ2v) is 8.06. The van der Waals surface area contributed by atoms with Crippen LogP contribution in [0, 0.1) is 0 Å². The van der Waals surface area contributed by atoms with Gasteiger partial charge in [-0.3, -0.25) is 0 Å². The highest BCUT2D eigenvalue weighted by atomic mass is 32.2. The first-order chi connectivity index (χ1) is 12.6. The van der Waals surface area contributed by atoms with Crippen molar-refractivity contribution in [2.75, 3.05) is 38.2 Å². The number of fused-ring (bicyclic) bond motifs is 1. The molecule has 0 spiro atoms. The molecule has 26 heavy (non-hydrogen) atoms. The highest BCUT2D eigenvalue weighted by Crippen LogP contribution is 2.30. The SMILES string of the molecule is COc1ccc(S(=O)(=O)c2cc3c(N4CCNCC4)nccc3[nH]2)cc1. The smallest absolute Gasteiger partial charge is 0.221 e. The van der Waals surface area contributed by atoms with Crippen LogP contribution in [-0.4, -0.2) is 51.7 Å². The summed E-state index contributed by atoms with van der Waals surface area (Å²) in [7, 11) is -2.10. The lowest BCUT2D eigenvalue weighted by Crippen LogP contribution is -2.43. The first kappa shape index (κ1) is 16.9. The summed E-state index contributed by atoms with van der Waals surface area (Å²) in [6.07, 6.45) is 1.71. The molecule has 1 saturated heterocycles. The number of sulfone groups is 1. The van der Waals surface area contributed by atoms with Crippen LogP contribution < -0.4 is 15.0 Å². The predicted molar refractivity (Wildman–Crippen MR) is 99.6 cm³/mol. The van der Waals surface area contributed by atoms with Crippen LogP contribution >= 0.6 is 0 Å². The minimum atomic E-state index is -3.64. The number of H-pyrrole nitrogens is 1. The molecule has 1 fully saturated rings. The average molecular weight is 372 g/mol. The molecule has 0 saturated carbocycles. The number of hydrogen-bond acceptors (Lipinski definition) is 6. The second-order valence-electron chi connectivity index (χ2n) is 6.15. The third-order valence-electron chi connectivity index (χ3n) is 4.58. The van der Waals surface area contributed by atoms with E-state index in [0.717, 1.165) is 42.9 Å². The van der Waals surface area contributed by atoms with Crippen molar-refractivity contribution in [3.05, 3.63) is 42.6 Å². The molecule has 3 heterocycles. The largest absolute Gasteiger partial charge is 0.497 e. The molecule has 3 aromatic rings. The number of benzene rings is 1. The monoisotopic (exact) mass is 372 g/mol. The Kier molecular flexibility index (Phi) is 4.29. The first-order valence-electron chi connectivity index (χ1n) is 8.42. The number of piperazine rings is 1. The van der Waals surface area contributed by atoms with Gasteiger partial charge in [0.25, 0.3) is 0 Å². The maximum absolute atomic E-state index is 13.0. The quantitative estimate of drug-likeness (QED) is 0.726. The van der Waals surface area contributed by atoms with Crippen molar-refractivity contribution in [2.24, 2.45) is 0 Å². The Morgan fingerprint density at radius 1 is 1.12 bits per heavy atom. The number of nitrogens with one attached hydrogen (secondary N) is 2. The highest BCUT2D eigenvalue weighted by Gasteiger charge is 2.23. The van der Waals surface area contributed by atoms with E-state index in [0.29, 0.717) is 5.75 Å². The van der Waals surface area contributed by atoms with Crippen LogP contribution in [0.2, 0.25) is 0 Å². The van der Waals surface area contributed by atoms with Gasteiger partial charge in [0.1, 0.15) is 16.6 Å². The summed E-state index contributed by atoms with van der Waals surface area (Å²) in [6, 6.07) is 9.87. The van der Waals surface area contributed by atoms with Crippen LogP contribution in [0.5, 0.6) is 5.75 Å². The molecular weight excluding hydrogens is 352 g/mol. The van der Waals surface area contributed by atoms with Gasteiger partial charge in [0.05, 0.1) is 17.5 Å². The minimum Gasteiger partial charge on any atom is -0.497 e. The van der Waals surface area contributed by atoms with E-state index in [9.17, 15) is 8.42 Å². The van der Waals surface area contributed by atoms with Gasteiger partial charge >= 0.3 is 0 Å². The number of aromatic nitrogens is 2. The zero-order valence-electron chi connectivity index (χ0n) is 14.4. The van der Waals surface area contributed by atoms with E-state index < -0.39 is 9.84 Å². The molecule has 0 unspecified atom stereocenters. The van der Waals surface area contributed by atoms with E-state index in [2.05, 4.69) is 20.2 Å². The number of methoxy groups -OCH3 is 1. The third kappa shape index (κ3) is 2.91. The predicted octanol–water partition coefficient (Wildman–Crippen LogP) is 1.81. The van der Waals surface area contributed by atoms with Crippen molar-refractivity contribution >= 4 is 26.6 Å². The summed E-state index contributed by atoms with van der Waals surface area (Å²) >= 11 is 0. The van der Waals surface area contributed by atoms with Crippen LogP contribution in [0.3, 0.4) is 0 Å². The lowest BCUT2D eigenvalue weighted by molar-refractivity contribution is 0.414. The zero-order valence-corrected chi connectivity index (χ0v) is 15.2. The summed E-state index contributed by atoms with van der Waals surface area (Å²) in [5.41, 5.74) is 0.764. The Bertz CT molecular complexity index is 1020. The number of pyridine rings is 1. The summed E-state index contributed by atoms with van der Waals surface area (Å²) in [5, 5.41) is 4.30. The Balaban J connectivity index is 1.76. The van der Waals surface area contributed by atoms with Gasteiger partial charge in [0.2, 0.25) is 9.84 Å². The molecule has 1 aliphatic rings. The summed E-state index contributed by atoms with van der Waals surface area (Å²) in [5.74, 6) is 1.43. The topological polar surface area (TPSA) is 87.3 Å². The molecule has 0 radical (unpaired) electrons. The molecule has 1 aromatic carbocycles. The maximum Gasteiger partial charge on any atom is 0.221 e. The number of aromatic amines is 1. The molecular formula is C18H20N4O3S. The molecule has 0 bridgehead atoms. The van der Waals surface area contributed by atoms with Crippen LogP contribution in [0.1, 0.15) is 0 Å². The lowest BCUT2D eigenvalue weighted by atomic mass is 10.2. The number of rotatable bonds is 4. The van der Waals surface area contributed by atoms with Crippen molar-refractivity contribution in [2.45, 2.75) is 9.92 Å². The Labute approximate surface area is 151 Å². The van der Waals surface area contributed by atoms with E-state index in [1.54, 1.807) is 49.7 Å². The Morgan fingerprint density at radius 3 is 2.54 bits per heavy atom. The molecule has 4 rings (SSSR count). The third-order valence-corrected chi connectivity index (χ3v) is 6.27. The van der Waals surface area contributed by atoms with Crippen LogP contribution in [0.25, 0.3) is 10.9 Å². The molecule has 0 aliphatic carbocycles. The van der Waals surface area contributed by atoms with E-state index >= 15 is 0 Å². The summed E-state index contributed by atoms with van der Waals surface area (Å²) in [4.78, 5) is 9.93. The average Bonchev–Trinajstić information content (AvgIpc) is 3.14. The second kappa shape index (κ2) is 6.62. The molecule has 8 heteroatoms. The van der Waals surface area contributed by atoms with Crippen LogP contribution in [0.4, 0.5) is 5.82 Å². The van der Waals surface area contributed by atoms with Crippen molar-refractivity contribution in [3.63, 3.8) is 0 Å². The fraction of sp³-hybridized carbons (Fsp3) is 0.278. The number of nitrogens with zero attached hydrogens (tertiary/aromatic N) is 2. The number of ether oxygens (including phenoxy) is 1. The van der Waals surface area contributed by atoms with Crippen molar-refractivity contribution in [1.29, 1.82) is 0 Å². The van der Waals surface area contributed by atoms with Gasteiger partial charge < -0.3 is 19.9 Å². The zero-order chi connectivity index (χ0) is 18.1.